The average molecular weight is 508 g/mol. The minimum atomic E-state index is -3.69. The minimum absolute atomic E-state index is 0.117. The van der Waals surface area contributed by atoms with Crippen LogP contribution in [0.25, 0.3) is 0 Å². The second-order valence-corrected chi connectivity index (χ2v) is 10.9. The number of hydrogen-bond acceptors (Lipinski definition) is 5. The quantitative estimate of drug-likeness (QED) is 0.516. The van der Waals surface area contributed by atoms with Gasteiger partial charge in [0.2, 0.25) is 5.91 Å². The van der Waals surface area contributed by atoms with Crippen molar-refractivity contribution >= 4 is 27.3 Å². The molecule has 7 nitrogen and oxygen atoms in total. The second kappa shape index (κ2) is 10.6. The van der Waals surface area contributed by atoms with E-state index in [1.165, 1.54) is 0 Å². The molecule has 0 unspecified atom stereocenters. The van der Waals surface area contributed by atoms with Crippen LogP contribution in [-0.2, 0) is 21.2 Å². The molecule has 1 N–H and O–H groups in total. The molecule has 8 heteroatoms. The Morgan fingerprint density at radius 1 is 0.889 bits per heavy atom. The Kier molecular flexibility index (Phi) is 7.54. The summed E-state index contributed by atoms with van der Waals surface area (Å²) in [5, 5.41) is 0. The van der Waals surface area contributed by atoms with E-state index in [2.05, 4.69) is 9.62 Å². The van der Waals surface area contributed by atoms with Gasteiger partial charge < -0.3 is 14.5 Å². The van der Waals surface area contributed by atoms with Crippen molar-refractivity contribution in [2.75, 3.05) is 42.9 Å². The van der Waals surface area contributed by atoms with Gasteiger partial charge in [-0.3, -0.25) is 9.52 Å². The van der Waals surface area contributed by atoms with E-state index in [1.807, 2.05) is 74.2 Å². The Morgan fingerprint density at radius 2 is 1.47 bits per heavy atom. The Bertz CT molecular complexity index is 1310. The highest BCUT2D eigenvalue weighted by molar-refractivity contribution is 7.92. The van der Waals surface area contributed by atoms with E-state index in [0.29, 0.717) is 30.1 Å². The van der Waals surface area contributed by atoms with Crippen LogP contribution in [0.2, 0.25) is 0 Å². The first-order valence-corrected chi connectivity index (χ1v) is 13.5. The number of ether oxygens (including phenoxy) is 1. The van der Waals surface area contributed by atoms with Crippen molar-refractivity contribution in [3.63, 3.8) is 0 Å². The zero-order valence-corrected chi connectivity index (χ0v) is 22.1. The summed E-state index contributed by atoms with van der Waals surface area (Å²) in [5.74, 6) is 0.894. The number of anilines is 2. The lowest BCUT2D eigenvalue weighted by atomic mass is 10.1. The lowest BCUT2D eigenvalue weighted by Crippen LogP contribution is -2.49. The third-order valence-electron chi connectivity index (χ3n) is 6.50. The zero-order chi connectivity index (χ0) is 25.9. The molecule has 36 heavy (non-hydrogen) atoms. The smallest absolute Gasteiger partial charge is 0.262 e. The topological polar surface area (TPSA) is 79.0 Å². The van der Waals surface area contributed by atoms with Gasteiger partial charge in [0, 0.05) is 37.6 Å². The molecule has 0 saturated carbocycles. The van der Waals surface area contributed by atoms with Crippen molar-refractivity contribution in [1.82, 2.24) is 4.90 Å². The number of amides is 1. The van der Waals surface area contributed by atoms with Crippen LogP contribution in [-0.4, -0.2) is 52.5 Å². The van der Waals surface area contributed by atoms with Crippen molar-refractivity contribution in [3.8, 4) is 5.75 Å². The molecule has 3 aromatic rings. The van der Waals surface area contributed by atoms with E-state index in [1.54, 1.807) is 19.2 Å². The largest absolute Gasteiger partial charge is 0.497 e. The molecule has 0 aliphatic carbocycles. The molecular formula is C28H33N3O4S. The lowest BCUT2D eigenvalue weighted by Gasteiger charge is -2.36. The fourth-order valence-corrected chi connectivity index (χ4v) is 6.30. The third-order valence-corrected chi connectivity index (χ3v) is 8.19. The van der Waals surface area contributed by atoms with Gasteiger partial charge in [-0.15, -0.1) is 0 Å². The van der Waals surface area contributed by atoms with Gasteiger partial charge in [0.05, 0.1) is 18.4 Å². The first-order chi connectivity index (χ1) is 17.2. The molecule has 0 bridgehead atoms. The van der Waals surface area contributed by atoms with E-state index in [0.717, 1.165) is 46.8 Å². The molecule has 4 rings (SSSR count). The average Bonchev–Trinajstić information content (AvgIpc) is 2.84. The number of nitrogens with one attached hydrogen (secondary N) is 1. The Morgan fingerprint density at radius 3 is 2.03 bits per heavy atom. The number of benzene rings is 3. The molecular weight excluding hydrogens is 474 g/mol. The van der Waals surface area contributed by atoms with Crippen molar-refractivity contribution in [2.24, 2.45) is 0 Å². The molecule has 1 aliphatic heterocycles. The number of rotatable bonds is 7. The Labute approximate surface area is 213 Å². The van der Waals surface area contributed by atoms with Crippen LogP contribution in [0.4, 0.5) is 11.4 Å². The summed E-state index contributed by atoms with van der Waals surface area (Å²) in [7, 11) is -2.07. The van der Waals surface area contributed by atoms with Crippen LogP contribution in [0, 0.1) is 20.8 Å². The number of hydrogen-bond donors (Lipinski definition) is 1. The van der Waals surface area contributed by atoms with Crippen LogP contribution in [0.5, 0.6) is 5.75 Å². The van der Waals surface area contributed by atoms with Gasteiger partial charge in [-0.25, -0.2) is 8.42 Å². The highest BCUT2D eigenvalue weighted by Crippen LogP contribution is 2.26. The van der Waals surface area contributed by atoms with E-state index >= 15 is 0 Å². The van der Waals surface area contributed by atoms with E-state index in [-0.39, 0.29) is 5.91 Å². The van der Waals surface area contributed by atoms with Crippen LogP contribution in [0.15, 0.2) is 65.6 Å². The maximum atomic E-state index is 13.0. The fraction of sp³-hybridized carbons (Fsp3) is 0.321. The monoisotopic (exact) mass is 507 g/mol. The van der Waals surface area contributed by atoms with Crippen LogP contribution < -0.4 is 14.4 Å². The van der Waals surface area contributed by atoms with E-state index in [4.69, 9.17) is 4.74 Å². The summed E-state index contributed by atoms with van der Waals surface area (Å²) in [4.78, 5) is 17.2. The maximum absolute atomic E-state index is 13.0. The fourth-order valence-electron chi connectivity index (χ4n) is 4.78. The molecule has 1 amide bonds. The molecule has 190 valence electrons. The summed E-state index contributed by atoms with van der Waals surface area (Å²) in [6.07, 6.45) is 0.374. The standard InChI is InChI=1S/C28H33N3O4S/c1-20-17-21(2)28(22(3)18-20)36(33,34)29-24-7-9-25(10-8-24)30-13-15-31(16-14-30)27(32)19-23-5-11-26(35-4)12-6-23/h5-12,17-18,29H,13-16,19H2,1-4H3. The van der Waals surface area contributed by atoms with Crippen LogP contribution >= 0.6 is 0 Å². The third kappa shape index (κ3) is 5.82. The molecule has 0 aromatic heterocycles. The molecule has 1 heterocycles. The molecule has 1 aliphatic rings. The number of aryl methyl sites for hydroxylation is 3. The highest BCUT2D eigenvalue weighted by atomic mass is 32.2. The number of nitrogens with zero attached hydrogens (tertiary/aromatic N) is 2. The Hall–Kier alpha value is -3.52. The van der Waals surface area contributed by atoms with Gasteiger partial charge in [-0.2, -0.15) is 0 Å². The molecule has 3 aromatic carbocycles. The van der Waals surface area contributed by atoms with Crippen molar-refractivity contribution in [1.29, 1.82) is 0 Å². The van der Waals surface area contributed by atoms with Gasteiger partial charge in [-0.05, 0) is 73.9 Å². The SMILES string of the molecule is COc1ccc(CC(=O)N2CCN(c3ccc(NS(=O)(=O)c4c(C)cc(C)cc4C)cc3)CC2)cc1. The molecule has 0 radical (unpaired) electrons. The van der Waals surface area contributed by atoms with Gasteiger partial charge in [0.15, 0.2) is 0 Å². The van der Waals surface area contributed by atoms with Crippen molar-refractivity contribution in [2.45, 2.75) is 32.1 Å². The lowest BCUT2D eigenvalue weighted by molar-refractivity contribution is -0.130. The highest BCUT2D eigenvalue weighted by Gasteiger charge is 2.23. The first-order valence-electron chi connectivity index (χ1n) is 12.0. The van der Waals surface area contributed by atoms with Gasteiger partial charge in [-0.1, -0.05) is 29.8 Å². The Balaban J connectivity index is 1.34. The number of piperazine rings is 1. The van der Waals surface area contributed by atoms with Gasteiger partial charge in [0.25, 0.3) is 10.0 Å². The zero-order valence-electron chi connectivity index (χ0n) is 21.2. The van der Waals surface area contributed by atoms with Crippen molar-refractivity contribution < 1.29 is 17.9 Å². The molecule has 1 saturated heterocycles. The van der Waals surface area contributed by atoms with E-state index in [9.17, 15) is 13.2 Å². The number of methoxy groups -OCH3 is 1. The number of carbonyl (C=O) groups excluding carboxylic acids is 1. The summed E-state index contributed by atoms with van der Waals surface area (Å²) in [6.45, 7) is 8.34. The second-order valence-electron chi connectivity index (χ2n) is 9.27. The summed E-state index contributed by atoms with van der Waals surface area (Å²) in [5.41, 5.74) is 4.99. The summed E-state index contributed by atoms with van der Waals surface area (Å²) >= 11 is 0. The normalized spacial score (nSPS) is 14.0. The van der Waals surface area contributed by atoms with E-state index < -0.39 is 10.0 Å². The van der Waals surface area contributed by atoms with Crippen molar-refractivity contribution in [3.05, 3.63) is 82.9 Å². The predicted octanol–water partition coefficient (Wildman–Crippen LogP) is 4.31. The maximum Gasteiger partial charge on any atom is 0.262 e. The molecule has 1 fully saturated rings. The summed E-state index contributed by atoms with van der Waals surface area (Å²) < 4.78 is 34.0. The predicted molar refractivity (Wildman–Crippen MR) is 143 cm³/mol. The molecule has 0 spiro atoms. The van der Waals surface area contributed by atoms with Crippen LogP contribution in [0.1, 0.15) is 22.3 Å². The molecule has 0 atom stereocenters. The van der Waals surface area contributed by atoms with Gasteiger partial charge in [0.1, 0.15) is 5.75 Å². The number of sulfonamides is 1. The summed E-state index contributed by atoms with van der Waals surface area (Å²) in [6, 6.07) is 18.7. The van der Waals surface area contributed by atoms with Gasteiger partial charge >= 0.3 is 0 Å². The minimum Gasteiger partial charge on any atom is -0.497 e. The first kappa shape index (κ1) is 25.6. The number of carbonyl (C=O) groups is 1. The van der Waals surface area contributed by atoms with Crippen LogP contribution in [0.3, 0.4) is 0 Å².